The molecule has 0 aliphatic rings. The zero-order valence-corrected chi connectivity index (χ0v) is 12.4. The smallest absolute Gasteiger partial charge is 0.407 e. The van der Waals surface area contributed by atoms with Gasteiger partial charge in [0.15, 0.2) is 5.58 Å². The first kappa shape index (κ1) is 15.3. The first-order valence-electron chi connectivity index (χ1n) is 6.96. The Hall–Kier alpha value is -2.08. The molecule has 114 valence electrons. The van der Waals surface area contributed by atoms with E-state index in [2.05, 4.69) is 5.32 Å². The molecule has 1 aromatic carbocycles. The van der Waals surface area contributed by atoms with Crippen LogP contribution in [0.15, 0.2) is 27.4 Å². The molecule has 1 heterocycles. The minimum Gasteiger partial charge on any atom is -0.407 e. The Morgan fingerprint density at radius 1 is 1.43 bits per heavy atom. The molecule has 0 aliphatic heterocycles. The summed E-state index contributed by atoms with van der Waals surface area (Å²) < 4.78 is 6.51. The van der Waals surface area contributed by atoms with Crippen molar-refractivity contribution in [2.24, 2.45) is 13.0 Å². The Morgan fingerprint density at radius 3 is 2.76 bits per heavy atom. The first-order valence-corrected chi connectivity index (χ1v) is 6.96. The van der Waals surface area contributed by atoms with Crippen molar-refractivity contribution in [3.63, 3.8) is 0 Å². The number of aromatic nitrogens is 1. The maximum absolute atomic E-state index is 12.4. The lowest BCUT2D eigenvalue weighted by molar-refractivity contribution is 0.0917. The highest BCUT2D eigenvalue weighted by Crippen LogP contribution is 2.18. The van der Waals surface area contributed by atoms with Gasteiger partial charge in [-0.2, -0.15) is 0 Å². The number of nitrogens with zero attached hydrogens (tertiary/aromatic N) is 1. The van der Waals surface area contributed by atoms with Crippen LogP contribution in [0.5, 0.6) is 0 Å². The maximum atomic E-state index is 12.4. The molecule has 0 aliphatic carbocycles. The van der Waals surface area contributed by atoms with E-state index in [1.807, 2.05) is 13.8 Å². The van der Waals surface area contributed by atoms with E-state index in [0.717, 1.165) is 0 Å². The topological polar surface area (TPSA) is 84.5 Å². The highest BCUT2D eigenvalue weighted by atomic mass is 16.4. The number of benzene rings is 1. The van der Waals surface area contributed by atoms with Crippen molar-refractivity contribution in [1.82, 2.24) is 9.88 Å². The number of amides is 1. The van der Waals surface area contributed by atoms with Crippen molar-refractivity contribution in [3.8, 4) is 0 Å². The highest BCUT2D eigenvalue weighted by molar-refractivity contribution is 6.04. The Labute approximate surface area is 122 Å². The molecule has 0 fully saturated rings. The lowest BCUT2D eigenvalue weighted by Gasteiger charge is -2.21. The lowest BCUT2D eigenvalue weighted by Crippen LogP contribution is -2.39. The van der Waals surface area contributed by atoms with Gasteiger partial charge in [-0.1, -0.05) is 19.9 Å². The van der Waals surface area contributed by atoms with E-state index in [0.29, 0.717) is 17.5 Å². The fourth-order valence-electron chi connectivity index (χ4n) is 2.29. The number of nitrogens with one attached hydrogen (secondary N) is 1. The number of carbonyl (C=O) groups excluding carboxylic acids is 1. The summed E-state index contributed by atoms with van der Waals surface area (Å²) in [5.74, 6) is -0.605. The number of carbonyl (C=O) groups is 1. The van der Waals surface area contributed by atoms with Crippen LogP contribution in [0.2, 0.25) is 0 Å². The predicted octanol–water partition coefficient (Wildman–Crippen LogP) is 1.27. The minimum absolute atomic E-state index is 0.00769. The van der Waals surface area contributed by atoms with E-state index < -0.39 is 5.76 Å². The van der Waals surface area contributed by atoms with E-state index in [-0.39, 0.29) is 30.1 Å². The number of aliphatic hydroxyl groups excluding tert-OH is 1. The van der Waals surface area contributed by atoms with Crippen molar-refractivity contribution in [3.05, 3.63) is 34.3 Å². The molecule has 0 spiro atoms. The summed E-state index contributed by atoms with van der Waals surface area (Å²) >= 11 is 0. The molecule has 6 heteroatoms. The molecule has 2 N–H and O–H groups in total. The van der Waals surface area contributed by atoms with E-state index >= 15 is 0 Å². The van der Waals surface area contributed by atoms with Crippen molar-refractivity contribution >= 4 is 17.0 Å². The molecule has 2 rings (SSSR count). The van der Waals surface area contributed by atoms with E-state index in [9.17, 15) is 9.59 Å². The molecular formula is C15H20N2O4. The molecule has 21 heavy (non-hydrogen) atoms. The van der Waals surface area contributed by atoms with Gasteiger partial charge >= 0.3 is 5.76 Å². The number of rotatable bonds is 5. The second kappa shape index (κ2) is 6.13. The SMILES string of the molecule is CC(C)C(CCO)NC(=O)c1cccc2c1oc(=O)n2C. The van der Waals surface area contributed by atoms with Gasteiger partial charge in [0.2, 0.25) is 0 Å². The van der Waals surface area contributed by atoms with Crippen LogP contribution in [0.4, 0.5) is 0 Å². The normalized spacial score (nSPS) is 12.8. The number of fused-ring (bicyclic) bond motifs is 1. The number of aryl methyl sites for hydroxylation is 1. The third-order valence-corrected chi connectivity index (χ3v) is 3.62. The number of hydrogen-bond acceptors (Lipinski definition) is 4. The van der Waals surface area contributed by atoms with E-state index in [4.69, 9.17) is 9.52 Å². The third-order valence-electron chi connectivity index (χ3n) is 3.62. The summed E-state index contributed by atoms with van der Waals surface area (Å²) in [6, 6.07) is 4.93. The van der Waals surface area contributed by atoms with Crippen LogP contribution in [0.25, 0.3) is 11.1 Å². The molecule has 0 saturated heterocycles. The molecule has 1 aromatic heterocycles. The summed E-state index contributed by atoms with van der Waals surface area (Å²) in [6.07, 6.45) is 0.484. The summed E-state index contributed by atoms with van der Waals surface area (Å²) in [6.45, 7) is 3.96. The molecule has 1 amide bonds. The van der Waals surface area contributed by atoms with Crippen LogP contribution in [0.1, 0.15) is 30.6 Å². The summed E-state index contributed by atoms with van der Waals surface area (Å²) in [7, 11) is 1.60. The fraction of sp³-hybridized carbons (Fsp3) is 0.467. The quantitative estimate of drug-likeness (QED) is 0.869. The molecule has 6 nitrogen and oxygen atoms in total. The largest absolute Gasteiger partial charge is 0.419 e. The molecule has 1 atom stereocenters. The average Bonchev–Trinajstić information content (AvgIpc) is 2.73. The summed E-state index contributed by atoms with van der Waals surface area (Å²) in [5, 5.41) is 12.0. The molecule has 1 unspecified atom stereocenters. The van der Waals surface area contributed by atoms with Crippen molar-refractivity contribution in [1.29, 1.82) is 0 Å². The van der Waals surface area contributed by atoms with E-state index in [1.54, 1.807) is 25.2 Å². The number of oxazole rings is 1. The van der Waals surface area contributed by atoms with Gasteiger partial charge in [0, 0.05) is 19.7 Å². The first-order chi connectivity index (χ1) is 9.95. The van der Waals surface area contributed by atoms with Gasteiger partial charge in [-0.25, -0.2) is 4.79 Å². The average molecular weight is 292 g/mol. The zero-order valence-electron chi connectivity index (χ0n) is 12.4. The summed E-state index contributed by atoms with van der Waals surface area (Å²) in [5.41, 5.74) is 1.19. The second-order valence-electron chi connectivity index (χ2n) is 5.42. The second-order valence-corrected chi connectivity index (χ2v) is 5.42. The van der Waals surface area contributed by atoms with E-state index in [1.165, 1.54) is 4.57 Å². The van der Waals surface area contributed by atoms with Gasteiger partial charge in [0.1, 0.15) is 0 Å². The van der Waals surface area contributed by atoms with Gasteiger partial charge < -0.3 is 14.8 Å². The number of para-hydroxylation sites is 1. The maximum Gasteiger partial charge on any atom is 0.419 e. The fourth-order valence-corrected chi connectivity index (χ4v) is 2.29. The molecule has 2 aromatic rings. The third kappa shape index (κ3) is 3.00. The van der Waals surface area contributed by atoms with Gasteiger partial charge in [0.25, 0.3) is 5.91 Å². The van der Waals surface area contributed by atoms with Crippen molar-refractivity contribution < 1.29 is 14.3 Å². The van der Waals surface area contributed by atoms with Crippen LogP contribution in [-0.4, -0.2) is 28.2 Å². The van der Waals surface area contributed by atoms with Gasteiger partial charge in [-0.05, 0) is 24.5 Å². The Balaban J connectivity index is 2.35. The summed E-state index contributed by atoms with van der Waals surface area (Å²) in [4.78, 5) is 24.0. The lowest BCUT2D eigenvalue weighted by atomic mass is 10.0. The monoisotopic (exact) mass is 292 g/mol. The highest BCUT2D eigenvalue weighted by Gasteiger charge is 2.20. The van der Waals surface area contributed by atoms with Crippen LogP contribution >= 0.6 is 0 Å². The standard InChI is InChI=1S/C15H20N2O4/c1-9(2)11(7-8-18)16-14(19)10-5-4-6-12-13(10)21-15(20)17(12)3/h4-6,9,11,18H,7-8H2,1-3H3,(H,16,19). The van der Waals surface area contributed by atoms with Gasteiger partial charge in [0.05, 0.1) is 11.1 Å². The van der Waals surface area contributed by atoms with Crippen LogP contribution in [0, 0.1) is 5.92 Å². The number of aliphatic hydroxyl groups is 1. The Kier molecular flexibility index (Phi) is 4.47. The molecule has 0 saturated carbocycles. The molecule has 0 bridgehead atoms. The van der Waals surface area contributed by atoms with Crippen LogP contribution < -0.4 is 11.1 Å². The molecular weight excluding hydrogens is 272 g/mol. The number of hydrogen-bond donors (Lipinski definition) is 2. The van der Waals surface area contributed by atoms with Gasteiger partial charge in [-0.3, -0.25) is 9.36 Å². The molecule has 0 radical (unpaired) electrons. The van der Waals surface area contributed by atoms with Crippen molar-refractivity contribution in [2.45, 2.75) is 26.3 Å². The minimum atomic E-state index is -0.499. The van der Waals surface area contributed by atoms with Crippen molar-refractivity contribution in [2.75, 3.05) is 6.61 Å². The Bertz CT molecular complexity index is 699. The van der Waals surface area contributed by atoms with Crippen LogP contribution in [-0.2, 0) is 7.05 Å². The van der Waals surface area contributed by atoms with Crippen LogP contribution in [0.3, 0.4) is 0 Å². The zero-order chi connectivity index (χ0) is 15.6. The predicted molar refractivity (Wildman–Crippen MR) is 79.3 cm³/mol. The van der Waals surface area contributed by atoms with Gasteiger partial charge in [-0.15, -0.1) is 0 Å². The Morgan fingerprint density at radius 2 is 2.14 bits per heavy atom.